The second kappa shape index (κ2) is 5.40. The minimum atomic E-state index is 0.0516. The molecule has 0 aliphatic carbocycles. The molecule has 0 spiro atoms. The van der Waals surface area contributed by atoms with Gasteiger partial charge >= 0.3 is 0 Å². The van der Waals surface area contributed by atoms with Crippen LogP contribution in [0.2, 0.25) is 0 Å². The zero-order valence-electron chi connectivity index (χ0n) is 8.64. The SMILES string of the molecule is C=CCC1(CCCC)CNCCO1. The van der Waals surface area contributed by atoms with Crippen molar-refractivity contribution in [2.75, 3.05) is 19.7 Å². The molecule has 1 heterocycles. The van der Waals surface area contributed by atoms with Crippen molar-refractivity contribution < 1.29 is 4.74 Å². The van der Waals surface area contributed by atoms with Crippen molar-refractivity contribution in [1.82, 2.24) is 5.32 Å². The first-order valence-corrected chi connectivity index (χ1v) is 5.28. The number of rotatable bonds is 5. The van der Waals surface area contributed by atoms with Crippen molar-refractivity contribution in [1.29, 1.82) is 0 Å². The van der Waals surface area contributed by atoms with Gasteiger partial charge in [-0.15, -0.1) is 6.58 Å². The Bertz CT molecular complexity index is 150. The normalized spacial score (nSPS) is 28.7. The summed E-state index contributed by atoms with van der Waals surface area (Å²) in [5.41, 5.74) is 0.0516. The molecule has 0 saturated carbocycles. The monoisotopic (exact) mass is 183 g/mol. The Morgan fingerprint density at radius 2 is 2.46 bits per heavy atom. The average molecular weight is 183 g/mol. The summed E-state index contributed by atoms with van der Waals surface area (Å²) in [7, 11) is 0. The van der Waals surface area contributed by atoms with Crippen LogP contribution in [0, 0.1) is 0 Å². The number of morpholine rings is 1. The molecule has 2 nitrogen and oxygen atoms in total. The van der Waals surface area contributed by atoms with Crippen LogP contribution in [0.25, 0.3) is 0 Å². The summed E-state index contributed by atoms with van der Waals surface area (Å²) in [4.78, 5) is 0. The highest BCUT2D eigenvalue weighted by Gasteiger charge is 2.30. The minimum absolute atomic E-state index is 0.0516. The predicted molar refractivity (Wildman–Crippen MR) is 55.9 cm³/mol. The lowest BCUT2D eigenvalue weighted by Gasteiger charge is -2.37. The predicted octanol–water partition coefficient (Wildman–Crippen LogP) is 2.11. The largest absolute Gasteiger partial charge is 0.372 e. The highest BCUT2D eigenvalue weighted by molar-refractivity contribution is 4.92. The number of nitrogens with one attached hydrogen (secondary N) is 1. The van der Waals surface area contributed by atoms with Gasteiger partial charge in [0.2, 0.25) is 0 Å². The summed E-state index contributed by atoms with van der Waals surface area (Å²) in [5.74, 6) is 0. The van der Waals surface area contributed by atoms with E-state index in [0.717, 1.165) is 32.5 Å². The molecule has 13 heavy (non-hydrogen) atoms. The van der Waals surface area contributed by atoms with E-state index in [2.05, 4.69) is 18.8 Å². The first-order valence-electron chi connectivity index (χ1n) is 5.28. The van der Waals surface area contributed by atoms with Crippen LogP contribution in [0.3, 0.4) is 0 Å². The summed E-state index contributed by atoms with van der Waals surface area (Å²) >= 11 is 0. The van der Waals surface area contributed by atoms with Crippen LogP contribution < -0.4 is 5.32 Å². The standard InChI is InChI=1S/C11H21NO/c1-3-5-7-11(6-4-2)10-12-8-9-13-11/h4,12H,2-3,5-10H2,1H3. The molecule has 2 heteroatoms. The van der Waals surface area contributed by atoms with Crippen LogP contribution in [-0.2, 0) is 4.74 Å². The molecule has 1 atom stereocenters. The Hall–Kier alpha value is -0.340. The number of hydrogen-bond acceptors (Lipinski definition) is 2. The quantitative estimate of drug-likeness (QED) is 0.659. The van der Waals surface area contributed by atoms with E-state index in [0.29, 0.717) is 0 Å². The van der Waals surface area contributed by atoms with Gasteiger partial charge in [0.25, 0.3) is 0 Å². The lowest BCUT2D eigenvalue weighted by molar-refractivity contribution is -0.0700. The molecule has 1 saturated heterocycles. The van der Waals surface area contributed by atoms with Crippen LogP contribution in [0.15, 0.2) is 12.7 Å². The molecule has 1 aliphatic rings. The molecule has 1 N–H and O–H groups in total. The van der Waals surface area contributed by atoms with Gasteiger partial charge < -0.3 is 10.1 Å². The Kier molecular flexibility index (Phi) is 4.46. The molecule has 1 unspecified atom stereocenters. The van der Waals surface area contributed by atoms with Crippen LogP contribution in [0.5, 0.6) is 0 Å². The van der Waals surface area contributed by atoms with E-state index in [9.17, 15) is 0 Å². The van der Waals surface area contributed by atoms with E-state index in [4.69, 9.17) is 4.74 Å². The zero-order chi connectivity index (χ0) is 9.57. The fourth-order valence-electron chi connectivity index (χ4n) is 1.86. The average Bonchev–Trinajstić information content (AvgIpc) is 2.17. The summed E-state index contributed by atoms with van der Waals surface area (Å²) in [5, 5.41) is 3.40. The summed E-state index contributed by atoms with van der Waals surface area (Å²) in [6, 6.07) is 0. The first kappa shape index (κ1) is 10.7. The molecule has 0 bridgehead atoms. The lowest BCUT2D eigenvalue weighted by Crippen LogP contribution is -2.49. The van der Waals surface area contributed by atoms with Gasteiger partial charge in [-0.2, -0.15) is 0 Å². The second-order valence-electron chi connectivity index (χ2n) is 3.80. The smallest absolute Gasteiger partial charge is 0.0841 e. The van der Waals surface area contributed by atoms with Crippen LogP contribution in [0.4, 0.5) is 0 Å². The van der Waals surface area contributed by atoms with Gasteiger partial charge in [-0.25, -0.2) is 0 Å². The molecule has 1 rings (SSSR count). The third-order valence-electron chi connectivity index (χ3n) is 2.64. The van der Waals surface area contributed by atoms with E-state index in [1.165, 1.54) is 12.8 Å². The first-order chi connectivity index (χ1) is 6.33. The summed E-state index contributed by atoms with van der Waals surface area (Å²) < 4.78 is 5.87. The lowest BCUT2D eigenvalue weighted by atomic mass is 9.91. The number of unbranched alkanes of at least 4 members (excludes halogenated alkanes) is 1. The molecule has 1 aliphatic heterocycles. The maximum atomic E-state index is 5.87. The molecule has 0 aromatic heterocycles. The molecule has 1 fully saturated rings. The third kappa shape index (κ3) is 3.12. The van der Waals surface area contributed by atoms with Crippen molar-refractivity contribution >= 4 is 0 Å². The fraction of sp³-hybridized carbons (Fsp3) is 0.818. The molecule has 0 aromatic rings. The Balaban J connectivity index is 2.45. The maximum Gasteiger partial charge on any atom is 0.0841 e. The molecular weight excluding hydrogens is 162 g/mol. The molecular formula is C11H21NO. The Morgan fingerprint density at radius 1 is 1.62 bits per heavy atom. The summed E-state index contributed by atoms with van der Waals surface area (Å²) in [6.45, 7) is 8.84. The Labute approximate surface area is 81.4 Å². The summed E-state index contributed by atoms with van der Waals surface area (Å²) in [6.07, 6.45) is 6.59. The van der Waals surface area contributed by atoms with Gasteiger partial charge in [-0.1, -0.05) is 25.8 Å². The van der Waals surface area contributed by atoms with E-state index in [-0.39, 0.29) is 5.60 Å². The van der Waals surface area contributed by atoms with Crippen molar-refractivity contribution in [2.24, 2.45) is 0 Å². The molecule has 0 radical (unpaired) electrons. The van der Waals surface area contributed by atoms with Gasteiger partial charge in [-0.3, -0.25) is 0 Å². The second-order valence-corrected chi connectivity index (χ2v) is 3.80. The fourth-order valence-corrected chi connectivity index (χ4v) is 1.86. The van der Waals surface area contributed by atoms with Gasteiger partial charge in [0.05, 0.1) is 12.2 Å². The van der Waals surface area contributed by atoms with Gasteiger partial charge in [0.1, 0.15) is 0 Å². The molecule has 0 amide bonds. The van der Waals surface area contributed by atoms with Crippen molar-refractivity contribution in [3.63, 3.8) is 0 Å². The van der Waals surface area contributed by atoms with Crippen molar-refractivity contribution in [3.05, 3.63) is 12.7 Å². The highest BCUT2D eigenvalue weighted by Crippen LogP contribution is 2.25. The van der Waals surface area contributed by atoms with Gasteiger partial charge in [0, 0.05) is 13.1 Å². The minimum Gasteiger partial charge on any atom is -0.372 e. The highest BCUT2D eigenvalue weighted by atomic mass is 16.5. The van der Waals surface area contributed by atoms with E-state index in [1.807, 2.05) is 6.08 Å². The van der Waals surface area contributed by atoms with Crippen LogP contribution in [-0.4, -0.2) is 25.3 Å². The van der Waals surface area contributed by atoms with Gasteiger partial charge in [-0.05, 0) is 12.8 Å². The van der Waals surface area contributed by atoms with Crippen molar-refractivity contribution in [2.45, 2.75) is 38.2 Å². The maximum absolute atomic E-state index is 5.87. The topological polar surface area (TPSA) is 21.3 Å². The molecule has 0 aromatic carbocycles. The van der Waals surface area contributed by atoms with Gasteiger partial charge in [0.15, 0.2) is 0 Å². The van der Waals surface area contributed by atoms with E-state index < -0.39 is 0 Å². The number of ether oxygens (including phenoxy) is 1. The number of hydrogen-bond donors (Lipinski definition) is 1. The molecule has 76 valence electrons. The van der Waals surface area contributed by atoms with E-state index in [1.54, 1.807) is 0 Å². The van der Waals surface area contributed by atoms with Crippen LogP contribution >= 0.6 is 0 Å². The Morgan fingerprint density at radius 3 is 3.00 bits per heavy atom. The third-order valence-corrected chi connectivity index (χ3v) is 2.64. The van der Waals surface area contributed by atoms with Crippen LogP contribution in [0.1, 0.15) is 32.6 Å². The van der Waals surface area contributed by atoms with E-state index >= 15 is 0 Å². The van der Waals surface area contributed by atoms with Crippen molar-refractivity contribution in [3.8, 4) is 0 Å². The zero-order valence-corrected chi connectivity index (χ0v) is 8.64.